The quantitative estimate of drug-likeness (QED) is 0.685. The van der Waals surface area contributed by atoms with E-state index in [1.807, 2.05) is 67.5 Å². The van der Waals surface area contributed by atoms with Crippen LogP contribution in [0.4, 0.5) is 16.4 Å². The Kier molecular flexibility index (Phi) is 3.58. The molecular formula is C16H15N3OS. The summed E-state index contributed by atoms with van der Waals surface area (Å²) >= 11 is 1.43. The first-order valence-electron chi connectivity index (χ1n) is 6.55. The van der Waals surface area contributed by atoms with Gasteiger partial charge in [-0.15, -0.1) is 21.6 Å². The summed E-state index contributed by atoms with van der Waals surface area (Å²) < 4.78 is 1.01. The first kappa shape index (κ1) is 13.6. The molecule has 3 aromatic rings. The lowest BCUT2D eigenvalue weighted by Crippen LogP contribution is -2.07. The normalized spacial score (nSPS) is 11.3. The van der Waals surface area contributed by atoms with Crippen molar-refractivity contribution >= 4 is 37.8 Å². The smallest absolute Gasteiger partial charge is 0.181 e. The fourth-order valence-corrected chi connectivity index (χ4v) is 2.93. The van der Waals surface area contributed by atoms with Gasteiger partial charge >= 0.3 is 0 Å². The minimum absolute atomic E-state index is 0.198. The van der Waals surface area contributed by atoms with Gasteiger partial charge in [-0.05, 0) is 36.4 Å². The summed E-state index contributed by atoms with van der Waals surface area (Å²) in [5.41, 5.74) is 1.87. The van der Waals surface area contributed by atoms with Crippen LogP contribution in [0.25, 0.3) is 10.1 Å². The summed E-state index contributed by atoms with van der Waals surface area (Å²) in [4.78, 5) is 2.03. The van der Waals surface area contributed by atoms with E-state index in [-0.39, 0.29) is 5.75 Å². The van der Waals surface area contributed by atoms with Crippen molar-refractivity contribution in [2.75, 3.05) is 19.0 Å². The molecule has 3 rings (SSSR count). The van der Waals surface area contributed by atoms with Gasteiger partial charge in [-0.2, -0.15) is 0 Å². The highest BCUT2D eigenvalue weighted by molar-refractivity contribution is 7.23. The maximum Gasteiger partial charge on any atom is 0.181 e. The van der Waals surface area contributed by atoms with Crippen LogP contribution in [0.1, 0.15) is 0 Å². The van der Waals surface area contributed by atoms with E-state index in [4.69, 9.17) is 0 Å². The highest BCUT2D eigenvalue weighted by atomic mass is 32.1. The number of fused-ring (bicyclic) bond motifs is 1. The maximum atomic E-state index is 10.1. The molecule has 0 aliphatic rings. The SMILES string of the molecule is CN(C)c1ccc(N=Nc2sc3ccccc3c2O)cc1. The molecule has 0 radical (unpaired) electrons. The molecule has 2 aromatic carbocycles. The number of nitrogens with zero attached hydrogens (tertiary/aromatic N) is 3. The van der Waals surface area contributed by atoms with E-state index in [9.17, 15) is 5.11 Å². The van der Waals surface area contributed by atoms with Crippen molar-refractivity contribution in [2.45, 2.75) is 0 Å². The Morgan fingerprint density at radius 2 is 1.67 bits per heavy atom. The first-order chi connectivity index (χ1) is 10.1. The lowest BCUT2D eigenvalue weighted by atomic mass is 10.2. The van der Waals surface area contributed by atoms with E-state index < -0.39 is 0 Å². The third-order valence-electron chi connectivity index (χ3n) is 3.17. The van der Waals surface area contributed by atoms with E-state index in [2.05, 4.69) is 10.2 Å². The van der Waals surface area contributed by atoms with E-state index in [1.54, 1.807) is 0 Å². The van der Waals surface area contributed by atoms with Crippen molar-refractivity contribution < 1.29 is 5.11 Å². The molecule has 0 aliphatic carbocycles. The molecule has 4 nitrogen and oxygen atoms in total. The van der Waals surface area contributed by atoms with Gasteiger partial charge in [0.25, 0.3) is 0 Å². The van der Waals surface area contributed by atoms with Crippen LogP contribution in [-0.2, 0) is 0 Å². The van der Waals surface area contributed by atoms with Crippen molar-refractivity contribution in [3.05, 3.63) is 48.5 Å². The summed E-state index contributed by atoms with van der Waals surface area (Å²) in [6.07, 6.45) is 0. The Morgan fingerprint density at radius 1 is 0.952 bits per heavy atom. The highest BCUT2D eigenvalue weighted by Gasteiger charge is 2.09. The Labute approximate surface area is 127 Å². The molecule has 1 aromatic heterocycles. The van der Waals surface area contributed by atoms with Crippen molar-refractivity contribution in [3.63, 3.8) is 0 Å². The van der Waals surface area contributed by atoms with Crippen molar-refractivity contribution in [1.82, 2.24) is 0 Å². The molecule has 0 fully saturated rings. The second kappa shape index (κ2) is 5.54. The molecule has 0 aliphatic heterocycles. The van der Waals surface area contributed by atoms with E-state index in [1.165, 1.54) is 11.3 Å². The standard InChI is InChI=1S/C16H15N3OS/c1-19(2)12-9-7-11(8-10-12)17-18-16-15(20)13-5-3-4-6-14(13)21-16/h3-10,20H,1-2H3. The molecule has 0 saturated heterocycles. The summed E-state index contributed by atoms with van der Waals surface area (Å²) in [7, 11) is 3.98. The summed E-state index contributed by atoms with van der Waals surface area (Å²) in [6, 6.07) is 15.5. The number of aromatic hydroxyl groups is 1. The van der Waals surface area contributed by atoms with Crippen LogP contribution in [0.5, 0.6) is 5.75 Å². The molecule has 0 unspecified atom stereocenters. The number of thiophene rings is 1. The Bertz CT molecular complexity index is 791. The van der Waals surface area contributed by atoms with Crippen LogP contribution in [-0.4, -0.2) is 19.2 Å². The lowest BCUT2D eigenvalue weighted by molar-refractivity contribution is 0.484. The molecule has 5 heteroatoms. The number of hydrogen-bond acceptors (Lipinski definition) is 5. The molecule has 1 N–H and O–H groups in total. The first-order valence-corrected chi connectivity index (χ1v) is 7.36. The van der Waals surface area contributed by atoms with Crippen LogP contribution in [0.3, 0.4) is 0 Å². The number of benzene rings is 2. The molecule has 0 amide bonds. The van der Waals surface area contributed by atoms with Gasteiger partial charge < -0.3 is 10.0 Å². The van der Waals surface area contributed by atoms with Crippen LogP contribution < -0.4 is 4.90 Å². The fourth-order valence-electron chi connectivity index (χ4n) is 2.01. The average Bonchev–Trinajstić information content (AvgIpc) is 2.82. The monoisotopic (exact) mass is 297 g/mol. The van der Waals surface area contributed by atoms with E-state index in [0.29, 0.717) is 5.00 Å². The minimum Gasteiger partial charge on any atom is -0.504 e. The summed E-state index contributed by atoms with van der Waals surface area (Å²) in [5.74, 6) is 0.198. The molecule has 0 spiro atoms. The fraction of sp³-hybridized carbons (Fsp3) is 0.125. The van der Waals surface area contributed by atoms with Crippen LogP contribution >= 0.6 is 11.3 Å². The third kappa shape index (κ3) is 2.73. The van der Waals surface area contributed by atoms with Crippen molar-refractivity contribution in [2.24, 2.45) is 10.2 Å². The third-order valence-corrected chi connectivity index (χ3v) is 4.22. The molecule has 106 valence electrons. The minimum atomic E-state index is 0.198. The summed E-state index contributed by atoms with van der Waals surface area (Å²) in [6.45, 7) is 0. The number of anilines is 1. The van der Waals surface area contributed by atoms with Gasteiger partial charge in [-0.3, -0.25) is 0 Å². The van der Waals surface area contributed by atoms with Crippen LogP contribution in [0.15, 0.2) is 58.8 Å². The highest BCUT2D eigenvalue weighted by Crippen LogP contribution is 2.43. The van der Waals surface area contributed by atoms with Crippen LogP contribution in [0, 0.1) is 0 Å². The second-order valence-corrected chi connectivity index (χ2v) is 5.89. The van der Waals surface area contributed by atoms with Gasteiger partial charge in [0.1, 0.15) is 0 Å². The van der Waals surface area contributed by atoms with Crippen molar-refractivity contribution in [1.29, 1.82) is 0 Å². The Balaban J connectivity index is 1.89. The van der Waals surface area contributed by atoms with Gasteiger partial charge in [0, 0.05) is 29.9 Å². The van der Waals surface area contributed by atoms with Crippen LogP contribution in [0.2, 0.25) is 0 Å². The van der Waals surface area contributed by atoms with Gasteiger partial charge in [-0.25, -0.2) is 0 Å². The van der Waals surface area contributed by atoms with Gasteiger partial charge in [0.05, 0.1) is 5.69 Å². The zero-order valence-corrected chi connectivity index (χ0v) is 12.6. The number of azo groups is 1. The van der Waals surface area contributed by atoms with E-state index >= 15 is 0 Å². The predicted molar refractivity (Wildman–Crippen MR) is 88.4 cm³/mol. The maximum absolute atomic E-state index is 10.1. The van der Waals surface area contributed by atoms with Gasteiger partial charge in [0.15, 0.2) is 10.8 Å². The number of hydrogen-bond donors (Lipinski definition) is 1. The van der Waals surface area contributed by atoms with Gasteiger partial charge in [0.2, 0.25) is 0 Å². The zero-order valence-electron chi connectivity index (χ0n) is 11.8. The molecule has 0 atom stereocenters. The molecule has 0 bridgehead atoms. The zero-order chi connectivity index (χ0) is 14.8. The molecule has 0 saturated carbocycles. The Hall–Kier alpha value is -2.40. The average molecular weight is 297 g/mol. The topological polar surface area (TPSA) is 48.2 Å². The second-order valence-electron chi connectivity index (χ2n) is 4.86. The van der Waals surface area contributed by atoms with E-state index in [0.717, 1.165) is 21.5 Å². The molecule has 21 heavy (non-hydrogen) atoms. The molecule has 1 heterocycles. The summed E-state index contributed by atoms with van der Waals surface area (Å²) in [5, 5.41) is 19.8. The Morgan fingerprint density at radius 3 is 2.33 bits per heavy atom. The number of rotatable bonds is 3. The van der Waals surface area contributed by atoms with Crippen molar-refractivity contribution in [3.8, 4) is 5.75 Å². The molecular weight excluding hydrogens is 282 g/mol. The lowest BCUT2D eigenvalue weighted by Gasteiger charge is -2.11. The largest absolute Gasteiger partial charge is 0.504 e. The predicted octanol–water partition coefficient (Wildman–Crippen LogP) is 5.09. The van der Waals surface area contributed by atoms with Gasteiger partial charge in [-0.1, -0.05) is 12.1 Å².